The number of nitrogens with zero attached hydrogens (tertiary/aromatic N) is 1. The standard InChI is InChI=1S/C10H10ClN.C2H6/c1-4-9-10(8(3)11)7(2)5-6-12-9;1-2/h4-6H,1,3H2,2H3;1-2H3. The molecule has 0 spiro atoms. The van der Waals surface area contributed by atoms with Gasteiger partial charge < -0.3 is 0 Å². The van der Waals surface area contributed by atoms with Crippen LogP contribution in [0.25, 0.3) is 11.1 Å². The SMILES string of the molecule is C=Cc1nccc(C)c1C(=C)Cl.CC. The molecular formula is C12H16ClN. The van der Waals surface area contributed by atoms with E-state index in [0.717, 1.165) is 16.8 Å². The summed E-state index contributed by atoms with van der Waals surface area (Å²) in [6, 6.07) is 1.90. The number of aryl methyl sites for hydroxylation is 1. The van der Waals surface area contributed by atoms with Gasteiger partial charge in [0.15, 0.2) is 0 Å². The Balaban J connectivity index is 0.000000791. The third-order valence-electron chi connectivity index (χ3n) is 1.65. The summed E-state index contributed by atoms with van der Waals surface area (Å²) in [7, 11) is 0. The highest BCUT2D eigenvalue weighted by Crippen LogP contribution is 2.23. The maximum atomic E-state index is 5.81. The van der Waals surface area contributed by atoms with Crippen LogP contribution in [0.3, 0.4) is 0 Å². The molecule has 0 radical (unpaired) electrons. The maximum absolute atomic E-state index is 5.81. The zero-order valence-corrected chi connectivity index (χ0v) is 9.73. The first-order valence-corrected chi connectivity index (χ1v) is 4.97. The van der Waals surface area contributed by atoms with Crippen molar-refractivity contribution in [3.8, 4) is 0 Å². The molecule has 2 heteroatoms. The van der Waals surface area contributed by atoms with Gasteiger partial charge in [-0.3, -0.25) is 4.98 Å². The van der Waals surface area contributed by atoms with Gasteiger partial charge in [-0.2, -0.15) is 0 Å². The third-order valence-corrected chi connectivity index (χ3v) is 1.84. The van der Waals surface area contributed by atoms with Gasteiger partial charge in [0.2, 0.25) is 0 Å². The normalized spacial score (nSPS) is 8.57. The third kappa shape index (κ3) is 3.00. The quantitative estimate of drug-likeness (QED) is 0.709. The van der Waals surface area contributed by atoms with E-state index < -0.39 is 0 Å². The molecule has 1 aromatic heterocycles. The molecule has 1 rings (SSSR count). The van der Waals surface area contributed by atoms with Gasteiger partial charge in [-0.1, -0.05) is 38.6 Å². The first-order chi connectivity index (χ1) is 6.66. The molecule has 1 nitrogen and oxygen atoms in total. The number of hydrogen-bond donors (Lipinski definition) is 0. The van der Waals surface area contributed by atoms with Crippen molar-refractivity contribution >= 4 is 22.7 Å². The maximum Gasteiger partial charge on any atom is 0.0713 e. The molecule has 0 fully saturated rings. The van der Waals surface area contributed by atoms with Gasteiger partial charge >= 0.3 is 0 Å². The Kier molecular flexibility index (Phi) is 5.89. The summed E-state index contributed by atoms with van der Waals surface area (Å²) in [4.78, 5) is 4.12. The van der Waals surface area contributed by atoms with E-state index >= 15 is 0 Å². The lowest BCUT2D eigenvalue weighted by molar-refractivity contribution is 1.24. The molecule has 0 aliphatic rings. The van der Waals surface area contributed by atoms with Gasteiger partial charge in [-0.15, -0.1) is 0 Å². The first kappa shape index (κ1) is 12.9. The van der Waals surface area contributed by atoms with Crippen molar-refractivity contribution in [2.75, 3.05) is 0 Å². The number of aromatic nitrogens is 1. The van der Waals surface area contributed by atoms with Gasteiger partial charge in [0, 0.05) is 16.8 Å². The smallest absolute Gasteiger partial charge is 0.0713 e. The van der Waals surface area contributed by atoms with Crippen LogP contribution in [-0.2, 0) is 0 Å². The van der Waals surface area contributed by atoms with Crippen molar-refractivity contribution in [3.05, 3.63) is 42.2 Å². The highest BCUT2D eigenvalue weighted by Gasteiger charge is 2.05. The number of hydrogen-bond acceptors (Lipinski definition) is 1. The molecular weight excluding hydrogens is 194 g/mol. The van der Waals surface area contributed by atoms with Gasteiger partial charge in [0.05, 0.1) is 5.69 Å². The van der Waals surface area contributed by atoms with Gasteiger partial charge in [0.25, 0.3) is 0 Å². The topological polar surface area (TPSA) is 12.9 Å². The predicted octanol–water partition coefficient (Wildman–Crippen LogP) is 4.27. The van der Waals surface area contributed by atoms with Crippen LogP contribution in [0.2, 0.25) is 0 Å². The zero-order chi connectivity index (χ0) is 11.1. The van der Waals surface area contributed by atoms with Gasteiger partial charge in [-0.05, 0) is 24.6 Å². The largest absolute Gasteiger partial charge is 0.256 e. The second-order valence-corrected chi connectivity index (χ2v) is 2.95. The van der Waals surface area contributed by atoms with E-state index in [0.29, 0.717) is 5.03 Å². The van der Waals surface area contributed by atoms with E-state index in [1.807, 2.05) is 26.8 Å². The highest BCUT2D eigenvalue weighted by molar-refractivity contribution is 6.48. The molecule has 0 amide bonds. The Hall–Kier alpha value is -1.08. The van der Waals surface area contributed by atoms with E-state index in [1.165, 1.54) is 0 Å². The Morgan fingerprint density at radius 1 is 1.50 bits per heavy atom. The van der Waals surface area contributed by atoms with E-state index in [2.05, 4.69) is 18.1 Å². The minimum atomic E-state index is 0.510. The summed E-state index contributed by atoms with van der Waals surface area (Å²) in [6.07, 6.45) is 3.41. The fourth-order valence-corrected chi connectivity index (χ4v) is 1.33. The van der Waals surface area contributed by atoms with E-state index in [4.69, 9.17) is 11.6 Å². The molecule has 0 aliphatic carbocycles. The average molecular weight is 210 g/mol. The Morgan fingerprint density at radius 3 is 2.43 bits per heavy atom. The van der Waals surface area contributed by atoms with Crippen molar-refractivity contribution in [2.24, 2.45) is 0 Å². The van der Waals surface area contributed by atoms with Crippen LogP contribution in [-0.4, -0.2) is 4.98 Å². The summed E-state index contributed by atoms with van der Waals surface area (Å²) in [5, 5.41) is 0.510. The number of rotatable bonds is 2. The van der Waals surface area contributed by atoms with Crippen LogP contribution in [0.5, 0.6) is 0 Å². The first-order valence-electron chi connectivity index (χ1n) is 4.59. The zero-order valence-electron chi connectivity index (χ0n) is 8.97. The lowest BCUT2D eigenvalue weighted by Gasteiger charge is -2.05. The van der Waals surface area contributed by atoms with Crippen LogP contribution in [0.1, 0.15) is 30.7 Å². The average Bonchev–Trinajstić information content (AvgIpc) is 2.19. The van der Waals surface area contributed by atoms with Crippen molar-refractivity contribution in [1.29, 1.82) is 0 Å². The summed E-state index contributed by atoms with van der Waals surface area (Å²) in [5.74, 6) is 0. The molecule has 0 bridgehead atoms. The molecule has 0 aromatic carbocycles. The lowest BCUT2D eigenvalue weighted by atomic mass is 10.1. The molecule has 76 valence electrons. The summed E-state index contributed by atoms with van der Waals surface area (Å²) >= 11 is 5.81. The fraction of sp³-hybridized carbons (Fsp3) is 0.250. The fourth-order valence-electron chi connectivity index (χ4n) is 1.09. The van der Waals surface area contributed by atoms with Crippen LogP contribution in [0.15, 0.2) is 25.4 Å². The minimum Gasteiger partial charge on any atom is -0.256 e. The Labute approximate surface area is 91.1 Å². The number of halogens is 1. The second kappa shape index (κ2) is 6.39. The Morgan fingerprint density at radius 2 is 2.07 bits per heavy atom. The molecule has 0 unspecified atom stereocenters. The van der Waals surface area contributed by atoms with Crippen LogP contribution >= 0.6 is 11.6 Å². The second-order valence-electron chi connectivity index (χ2n) is 2.50. The molecule has 0 N–H and O–H groups in total. The summed E-state index contributed by atoms with van der Waals surface area (Å²) in [5.41, 5.74) is 2.74. The molecule has 1 heterocycles. The summed E-state index contributed by atoms with van der Waals surface area (Å²) in [6.45, 7) is 13.3. The molecule has 0 saturated heterocycles. The van der Waals surface area contributed by atoms with Crippen LogP contribution in [0, 0.1) is 6.92 Å². The highest BCUT2D eigenvalue weighted by atomic mass is 35.5. The van der Waals surface area contributed by atoms with Gasteiger partial charge in [-0.25, -0.2) is 0 Å². The van der Waals surface area contributed by atoms with Crippen molar-refractivity contribution < 1.29 is 0 Å². The minimum absolute atomic E-state index is 0.510. The van der Waals surface area contributed by atoms with E-state index in [9.17, 15) is 0 Å². The molecule has 14 heavy (non-hydrogen) atoms. The molecule has 0 aliphatic heterocycles. The monoisotopic (exact) mass is 209 g/mol. The van der Waals surface area contributed by atoms with E-state index in [-0.39, 0.29) is 0 Å². The van der Waals surface area contributed by atoms with Crippen molar-refractivity contribution in [1.82, 2.24) is 4.98 Å². The predicted molar refractivity (Wildman–Crippen MR) is 65.3 cm³/mol. The van der Waals surface area contributed by atoms with Crippen LogP contribution in [0.4, 0.5) is 0 Å². The van der Waals surface area contributed by atoms with Gasteiger partial charge in [0.1, 0.15) is 0 Å². The molecule has 0 atom stereocenters. The number of pyridine rings is 1. The lowest BCUT2D eigenvalue weighted by Crippen LogP contribution is -1.91. The molecule has 0 saturated carbocycles. The van der Waals surface area contributed by atoms with Crippen molar-refractivity contribution in [2.45, 2.75) is 20.8 Å². The van der Waals surface area contributed by atoms with Crippen molar-refractivity contribution in [3.63, 3.8) is 0 Å². The molecule has 1 aromatic rings. The van der Waals surface area contributed by atoms with E-state index in [1.54, 1.807) is 12.3 Å². The summed E-state index contributed by atoms with van der Waals surface area (Å²) < 4.78 is 0. The Bertz CT molecular complexity index is 329. The van der Waals surface area contributed by atoms with Crippen LogP contribution < -0.4 is 0 Å².